The minimum absolute atomic E-state index is 0.0545. The van der Waals surface area contributed by atoms with Crippen LogP contribution < -0.4 is 33.1 Å². The molecule has 0 N–H and O–H groups in total. The van der Waals surface area contributed by atoms with Crippen LogP contribution in [0.25, 0.3) is 32.4 Å². The number of unbranched alkanes of at least 4 members (excludes halogenated alkanes) is 3. The first-order valence-corrected chi connectivity index (χ1v) is 33.2. The molecule has 2 aromatic carbocycles. The quantitative estimate of drug-likeness (QED) is 0.0641. The van der Waals surface area contributed by atoms with Gasteiger partial charge >= 0.3 is 122 Å². The molecule has 0 spiro atoms. The van der Waals surface area contributed by atoms with Crippen LogP contribution in [0, 0.1) is 0 Å². The van der Waals surface area contributed by atoms with Gasteiger partial charge in [-0.05, 0) is 64.5 Å². The second-order valence-electron chi connectivity index (χ2n) is 16.2. The molecule has 0 aliphatic heterocycles. The van der Waals surface area contributed by atoms with Crippen LogP contribution in [0.2, 0.25) is 13.3 Å². The molecule has 0 fully saturated rings. The zero-order valence-electron chi connectivity index (χ0n) is 39.6. The first-order valence-electron chi connectivity index (χ1n) is 23.2. The molecule has 0 saturated carbocycles. The van der Waals surface area contributed by atoms with E-state index < -0.39 is 18.4 Å². The van der Waals surface area contributed by atoms with Crippen molar-refractivity contribution < 1.29 is 18.9 Å². The zero-order chi connectivity index (χ0) is 48.1. The van der Waals surface area contributed by atoms with Crippen molar-refractivity contribution in [3.8, 4) is 33.6 Å². The Kier molecular flexibility index (Phi) is 20.9. The molecule has 6 heterocycles. The van der Waals surface area contributed by atoms with Crippen LogP contribution in [0.15, 0.2) is 135 Å². The Morgan fingerprint density at radius 1 is 0.588 bits per heavy atom. The predicted octanol–water partition coefficient (Wildman–Crippen LogP) is 12.1. The van der Waals surface area contributed by atoms with E-state index in [4.69, 9.17) is 23.9 Å². The average Bonchev–Trinajstić information content (AvgIpc) is 4.13. The number of pyridine rings is 4. The Morgan fingerprint density at radius 2 is 1.10 bits per heavy atom. The van der Waals surface area contributed by atoms with Gasteiger partial charge in [0, 0.05) is 81.4 Å². The fourth-order valence-electron chi connectivity index (χ4n) is 7.82. The molecule has 12 nitrogen and oxygen atoms in total. The molecule has 8 rings (SSSR count). The summed E-state index contributed by atoms with van der Waals surface area (Å²) in [6.07, 6.45) is 19.1. The minimum Gasteiger partial charge on any atom is -0.497 e. The summed E-state index contributed by atoms with van der Waals surface area (Å²) in [6.45, 7) is 8.67. The first kappa shape index (κ1) is 52.3. The van der Waals surface area contributed by atoms with Gasteiger partial charge in [0.05, 0.1) is 38.3 Å². The maximum absolute atomic E-state index is 12.1. The Hall–Kier alpha value is -5.10. The first-order chi connectivity index (χ1) is 33.2. The maximum atomic E-state index is 12.1. The number of ether oxygens (including phenoxy) is 4. The van der Waals surface area contributed by atoms with E-state index in [9.17, 15) is 9.59 Å². The number of nitrogens with zero attached hydrogens (tertiary/aromatic N) is 6. The van der Waals surface area contributed by atoms with Crippen molar-refractivity contribution in [2.24, 2.45) is 0 Å². The number of halogens is 1. The van der Waals surface area contributed by atoms with Gasteiger partial charge in [-0.2, -0.15) is 0 Å². The van der Waals surface area contributed by atoms with Crippen LogP contribution in [0.3, 0.4) is 0 Å². The summed E-state index contributed by atoms with van der Waals surface area (Å²) < 4.78 is 32.5. The van der Waals surface area contributed by atoms with Crippen LogP contribution in [0.4, 0.5) is 0 Å². The SMILES string of the molecule is CCC[CH2][Sn]([CH2]CCC)([CH2]CCC)[c]1nccs1.COc1ccc2c(OCCn3cc(-c4nccs4)ccc3=O)ccnc2c1.COc1ccc2c(OCCn3cc(Br)ccc3=O)ccnc2c1. The summed E-state index contributed by atoms with van der Waals surface area (Å²) in [6, 6.07) is 21.6. The molecule has 68 heavy (non-hydrogen) atoms. The van der Waals surface area contributed by atoms with Gasteiger partial charge in [-0.15, -0.1) is 11.3 Å². The fraction of sp³-hybridized carbons (Fsp3) is 0.346. The number of fused-ring (bicyclic) bond motifs is 2. The Balaban J connectivity index is 0.000000172. The molecule has 0 atom stereocenters. The van der Waals surface area contributed by atoms with Crippen molar-refractivity contribution in [1.29, 1.82) is 0 Å². The Labute approximate surface area is 419 Å². The molecule has 358 valence electrons. The summed E-state index contributed by atoms with van der Waals surface area (Å²) in [4.78, 5) is 41.6. The number of methoxy groups -OCH3 is 2. The molecule has 0 unspecified atom stereocenters. The molecule has 8 aromatic rings. The van der Waals surface area contributed by atoms with E-state index in [0.717, 1.165) is 59.8 Å². The van der Waals surface area contributed by atoms with Gasteiger partial charge in [0.1, 0.15) is 41.2 Å². The molecule has 0 radical (unpaired) electrons. The third-order valence-corrected chi connectivity index (χ3v) is 31.5. The van der Waals surface area contributed by atoms with Gasteiger partial charge in [0.25, 0.3) is 11.1 Å². The molecule has 16 heteroatoms. The van der Waals surface area contributed by atoms with E-state index in [0.29, 0.717) is 26.3 Å². The Bertz CT molecular complexity index is 2870. The van der Waals surface area contributed by atoms with Crippen LogP contribution in [0.1, 0.15) is 59.3 Å². The molecular weight excluding hydrogens is 1070 g/mol. The summed E-state index contributed by atoms with van der Waals surface area (Å²) >= 11 is 4.74. The number of hydrogen-bond acceptors (Lipinski definition) is 12. The third kappa shape index (κ3) is 14.7. The van der Waals surface area contributed by atoms with E-state index in [2.05, 4.69) is 57.0 Å². The fourth-order valence-corrected chi connectivity index (χ4v) is 28.0. The van der Waals surface area contributed by atoms with E-state index in [-0.39, 0.29) is 11.1 Å². The van der Waals surface area contributed by atoms with E-state index in [1.54, 1.807) is 94.0 Å². The van der Waals surface area contributed by atoms with Crippen molar-refractivity contribution in [3.05, 3.63) is 146 Å². The second kappa shape index (κ2) is 27.2. The minimum atomic E-state index is -2.12. The standard InChI is InChI=1S/C20H17N3O3S.C17H15BrN2O3.3C4H9.C3H2NS.Sn/c1-25-15-3-4-16-17(12-15)21-7-6-18(16)26-10-9-23-13-14(2-5-19(23)24)20-22-8-11-27-20;1-22-13-3-4-14-15(10-13)19-7-6-16(14)23-9-8-20-11-12(18)2-5-17(20)21;3*1-3-4-2;1-2-5-3-4-1;/h2-8,11-13H,9-10H2,1H3;2-7,10-11H,8-9H2,1H3;3*1,3-4H2,2H3;1-2H;. The normalized spacial score (nSPS) is 11.1. The number of aromatic nitrogens is 6. The average molecular weight is 1130 g/mol. The van der Waals surface area contributed by atoms with Crippen molar-refractivity contribution in [1.82, 2.24) is 29.1 Å². The largest absolute Gasteiger partial charge is 0.497 e. The Morgan fingerprint density at radius 3 is 1.59 bits per heavy atom. The van der Waals surface area contributed by atoms with Gasteiger partial charge in [0.15, 0.2) is 0 Å². The summed E-state index contributed by atoms with van der Waals surface area (Å²) in [5.41, 5.74) is 2.41. The number of hydrogen-bond donors (Lipinski definition) is 0. The molecule has 0 aliphatic rings. The van der Waals surface area contributed by atoms with Crippen molar-refractivity contribution in [2.45, 2.75) is 85.7 Å². The summed E-state index contributed by atoms with van der Waals surface area (Å²) in [5, 5.41) is 6.82. The van der Waals surface area contributed by atoms with Crippen molar-refractivity contribution in [2.75, 3.05) is 27.4 Å². The van der Waals surface area contributed by atoms with Gasteiger partial charge in [-0.25, -0.2) is 4.98 Å². The van der Waals surface area contributed by atoms with Gasteiger partial charge in [-0.3, -0.25) is 19.6 Å². The van der Waals surface area contributed by atoms with Gasteiger partial charge in [0.2, 0.25) is 0 Å². The summed E-state index contributed by atoms with van der Waals surface area (Å²) in [7, 11) is 3.25. The van der Waals surface area contributed by atoms with Crippen LogP contribution in [0.5, 0.6) is 23.0 Å². The second-order valence-corrected chi connectivity index (χ2v) is 32.9. The van der Waals surface area contributed by atoms with Crippen molar-refractivity contribution >= 4 is 81.8 Å². The smallest absolute Gasteiger partial charge is 0.250 e. The maximum Gasteiger partial charge on any atom is 0.250 e. The zero-order valence-corrected chi connectivity index (χ0v) is 45.6. The third-order valence-electron chi connectivity index (χ3n) is 11.5. The topological polar surface area (TPSA) is 132 Å². The van der Waals surface area contributed by atoms with Gasteiger partial charge < -0.3 is 28.1 Å². The monoisotopic (exact) mass is 1130 g/mol. The molecule has 0 saturated heterocycles. The van der Waals surface area contributed by atoms with Crippen LogP contribution in [-0.4, -0.2) is 74.9 Å². The summed E-state index contributed by atoms with van der Waals surface area (Å²) in [5.74, 6) is 2.97. The molecule has 0 amide bonds. The van der Waals surface area contributed by atoms with E-state index in [1.165, 1.54) is 44.6 Å². The van der Waals surface area contributed by atoms with Crippen LogP contribution >= 0.6 is 38.6 Å². The molecule has 0 bridgehead atoms. The molecule has 6 aromatic heterocycles. The molecular formula is C52H61BrN6O6S2Sn. The number of thiazole rings is 2. The number of benzene rings is 2. The molecule has 0 aliphatic carbocycles. The van der Waals surface area contributed by atoms with E-state index in [1.807, 2.05) is 77.6 Å². The van der Waals surface area contributed by atoms with Gasteiger partial charge in [-0.1, -0.05) is 0 Å². The van der Waals surface area contributed by atoms with E-state index >= 15 is 0 Å². The van der Waals surface area contributed by atoms with Crippen molar-refractivity contribution in [3.63, 3.8) is 0 Å². The van der Waals surface area contributed by atoms with Crippen LogP contribution in [-0.2, 0) is 13.1 Å². The number of rotatable bonds is 21. The predicted molar refractivity (Wildman–Crippen MR) is 284 cm³/mol.